The third-order valence-electron chi connectivity index (χ3n) is 7.57. The monoisotopic (exact) mass is 354 g/mol. The highest BCUT2D eigenvalue weighted by Gasteiger charge is 2.51. The minimum Gasteiger partial charge on any atom is -0.396 e. The molecule has 0 aromatic rings. The van der Waals surface area contributed by atoms with Gasteiger partial charge < -0.3 is 5.11 Å². The Morgan fingerprint density at radius 1 is 0.739 bits per heavy atom. The fourth-order valence-electron chi connectivity index (χ4n) is 6.33. The third kappa shape index (κ3) is 3.55. The quantitative estimate of drug-likeness (QED) is 0.595. The lowest BCUT2D eigenvalue weighted by Crippen LogP contribution is -2.47. The molecule has 0 radical (unpaired) electrons. The lowest BCUT2D eigenvalue weighted by atomic mass is 9.77. The lowest BCUT2D eigenvalue weighted by Gasteiger charge is -2.56. The van der Waals surface area contributed by atoms with Gasteiger partial charge in [-0.05, 0) is 80.4 Å². The Labute approximate surface area is 146 Å². The molecule has 2 saturated carbocycles. The molecular weight excluding hydrogens is 318 g/mol. The molecule has 3 saturated heterocycles. The van der Waals surface area contributed by atoms with Crippen molar-refractivity contribution in [2.45, 2.75) is 99.7 Å². The average Bonchev–Trinajstić information content (AvgIpc) is 2.50. The van der Waals surface area contributed by atoms with E-state index < -0.39 is 0 Å². The van der Waals surface area contributed by atoms with Crippen LogP contribution in [-0.4, -0.2) is 27.9 Å². The first-order valence-corrected chi connectivity index (χ1v) is 12.6. The maximum atomic E-state index is 10.4. The standard InChI is InChI=1S/C20H36OP2/c21-14-17-13-15-5-1-3-7-18(11-9-15)22-20(17)16-6-2-4-8-19(23-20)12-10-16/h15-19,21-23H,1-14H2. The second kappa shape index (κ2) is 7.60. The van der Waals surface area contributed by atoms with Gasteiger partial charge in [0.2, 0.25) is 0 Å². The zero-order valence-corrected chi connectivity index (χ0v) is 16.7. The fraction of sp³-hybridized carbons (Fsp3) is 1.00. The van der Waals surface area contributed by atoms with E-state index >= 15 is 0 Å². The van der Waals surface area contributed by atoms with Crippen molar-refractivity contribution in [3.05, 3.63) is 0 Å². The van der Waals surface area contributed by atoms with Gasteiger partial charge in [0, 0.05) is 11.5 Å². The molecule has 3 heterocycles. The van der Waals surface area contributed by atoms with Gasteiger partial charge in [-0.2, -0.15) is 0 Å². The topological polar surface area (TPSA) is 20.2 Å². The number of hydrogen-bond donors (Lipinski definition) is 1. The van der Waals surface area contributed by atoms with Crippen LogP contribution < -0.4 is 0 Å². The molecule has 3 aliphatic heterocycles. The van der Waals surface area contributed by atoms with Crippen LogP contribution in [0.5, 0.6) is 0 Å². The van der Waals surface area contributed by atoms with Crippen LogP contribution in [0.2, 0.25) is 0 Å². The van der Waals surface area contributed by atoms with Gasteiger partial charge in [0.1, 0.15) is 0 Å². The molecule has 5 fully saturated rings. The predicted molar refractivity (Wildman–Crippen MR) is 105 cm³/mol. The molecule has 0 amide bonds. The summed E-state index contributed by atoms with van der Waals surface area (Å²) in [6, 6.07) is 0. The summed E-state index contributed by atoms with van der Waals surface area (Å²) in [5.74, 6) is 2.55. The number of aliphatic hydroxyl groups excluding tert-OH is 1. The molecule has 0 aromatic heterocycles. The summed E-state index contributed by atoms with van der Waals surface area (Å²) < 4.78 is 0. The van der Waals surface area contributed by atoms with Crippen LogP contribution >= 0.6 is 17.2 Å². The Morgan fingerprint density at radius 3 is 2.13 bits per heavy atom. The van der Waals surface area contributed by atoms with Crippen LogP contribution in [0, 0.1) is 17.8 Å². The molecule has 0 aromatic carbocycles. The molecule has 5 aliphatic rings. The van der Waals surface area contributed by atoms with Gasteiger partial charge in [0.05, 0.1) is 0 Å². The maximum absolute atomic E-state index is 10.4. The van der Waals surface area contributed by atoms with Gasteiger partial charge >= 0.3 is 0 Å². The lowest BCUT2D eigenvalue weighted by molar-refractivity contribution is 0.141. The van der Waals surface area contributed by atoms with E-state index in [0.29, 0.717) is 17.4 Å². The molecule has 3 heteroatoms. The van der Waals surface area contributed by atoms with Crippen molar-refractivity contribution in [1.82, 2.24) is 0 Å². The van der Waals surface area contributed by atoms with Crippen molar-refractivity contribution in [1.29, 1.82) is 0 Å². The molecule has 1 N–H and O–H groups in total. The third-order valence-corrected chi connectivity index (χ3v) is 13.0. The molecule has 2 aliphatic carbocycles. The van der Waals surface area contributed by atoms with E-state index in [2.05, 4.69) is 0 Å². The van der Waals surface area contributed by atoms with E-state index in [9.17, 15) is 5.11 Å². The van der Waals surface area contributed by atoms with E-state index in [1.165, 1.54) is 101 Å². The second-order valence-corrected chi connectivity index (χ2v) is 13.3. The SMILES string of the molecule is OCC1CC2CCCCC(CC2)PC12PC1CCCCC2CC1. The van der Waals surface area contributed by atoms with E-state index in [-0.39, 0.29) is 0 Å². The van der Waals surface area contributed by atoms with Gasteiger partial charge in [-0.1, -0.05) is 32.1 Å². The molecule has 1 nitrogen and oxygen atoms in total. The zero-order valence-electron chi connectivity index (χ0n) is 14.7. The fourth-order valence-corrected chi connectivity index (χ4v) is 12.5. The number of rotatable bonds is 1. The van der Waals surface area contributed by atoms with Crippen molar-refractivity contribution in [3.8, 4) is 0 Å². The maximum Gasteiger partial charge on any atom is 0.0471 e. The molecule has 4 bridgehead atoms. The highest BCUT2D eigenvalue weighted by Crippen LogP contribution is 2.68. The van der Waals surface area contributed by atoms with E-state index in [1.54, 1.807) is 0 Å². The van der Waals surface area contributed by atoms with Crippen molar-refractivity contribution in [3.63, 3.8) is 0 Å². The number of aliphatic hydroxyl groups is 1. The van der Waals surface area contributed by atoms with Crippen LogP contribution in [0.1, 0.15) is 83.5 Å². The minimum absolute atomic E-state index is 0.492. The first kappa shape index (κ1) is 17.2. The van der Waals surface area contributed by atoms with Crippen molar-refractivity contribution in [2.75, 3.05) is 6.61 Å². The molecule has 1 spiro atoms. The second-order valence-electron chi connectivity index (χ2n) is 8.95. The first-order valence-electron chi connectivity index (χ1n) is 10.5. The Kier molecular flexibility index (Phi) is 5.70. The summed E-state index contributed by atoms with van der Waals surface area (Å²) >= 11 is 0. The molecule has 132 valence electrons. The molecule has 8 atom stereocenters. The number of fused-ring (bicyclic) bond motifs is 7. The van der Waals surface area contributed by atoms with Crippen molar-refractivity contribution in [2.24, 2.45) is 17.8 Å². The van der Waals surface area contributed by atoms with Gasteiger partial charge in [-0.3, -0.25) is 0 Å². The minimum atomic E-state index is 0.492. The predicted octanol–water partition coefficient (Wildman–Crippen LogP) is 5.74. The van der Waals surface area contributed by atoms with E-state index in [4.69, 9.17) is 0 Å². The van der Waals surface area contributed by atoms with Crippen LogP contribution in [0.4, 0.5) is 0 Å². The Balaban J connectivity index is 1.67. The van der Waals surface area contributed by atoms with E-state index in [0.717, 1.165) is 23.2 Å². The van der Waals surface area contributed by atoms with Crippen LogP contribution in [-0.2, 0) is 0 Å². The van der Waals surface area contributed by atoms with Crippen LogP contribution in [0.3, 0.4) is 0 Å². The van der Waals surface area contributed by atoms with Crippen molar-refractivity contribution < 1.29 is 5.11 Å². The van der Waals surface area contributed by atoms with Crippen molar-refractivity contribution >= 4 is 17.2 Å². The average molecular weight is 354 g/mol. The van der Waals surface area contributed by atoms with E-state index in [1.807, 2.05) is 0 Å². The Bertz CT molecular complexity index is 397. The summed E-state index contributed by atoms with van der Waals surface area (Å²) in [5.41, 5.74) is 2.04. The summed E-state index contributed by atoms with van der Waals surface area (Å²) in [4.78, 5) is 0.582. The summed E-state index contributed by atoms with van der Waals surface area (Å²) in [6.45, 7) is 0.492. The van der Waals surface area contributed by atoms with Gasteiger partial charge in [0.15, 0.2) is 0 Å². The molecule has 8 unspecified atom stereocenters. The number of hydrogen-bond acceptors (Lipinski definition) is 1. The molecule has 5 rings (SSSR count). The highest BCUT2D eigenvalue weighted by atomic mass is 31.1. The molecule has 23 heavy (non-hydrogen) atoms. The zero-order chi connectivity index (χ0) is 15.7. The normalized spacial score (nSPS) is 50.2. The van der Waals surface area contributed by atoms with Gasteiger partial charge in [-0.15, -0.1) is 17.2 Å². The largest absolute Gasteiger partial charge is 0.396 e. The summed E-state index contributed by atoms with van der Waals surface area (Å²) in [7, 11) is 2.37. The van der Waals surface area contributed by atoms with Crippen LogP contribution in [0.25, 0.3) is 0 Å². The van der Waals surface area contributed by atoms with Gasteiger partial charge in [0.25, 0.3) is 0 Å². The summed E-state index contributed by atoms with van der Waals surface area (Å²) in [6.07, 6.45) is 19.2. The first-order chi connectivity index (χ1) is 11.3. The Hall–Kier alpha value is 0.820. The molecular formula is C20H36OP2. The Morgan fingerprint density at radius 2 is 1.39 bits per heavy atom. The van der Waals surface area contributed by atoms with Crippen LogP contribution in [0.15, 0.2) is 0 Å². The summed E-state index contributed by atoms with van der Waals surface area (Å²) in [5, 5.41) is 10.4. The highest BCUT2D eigenvalue weighted by molar-refractivity contribution is 7.60. The smallest absolute Gasteiger partial charge is 0.0471 e. The van der Waals surface area contributed by atoms with Gasteiger partial charge in [-0.25, -0.2) is 0 Å².